The van der Waals surface area contributed by atoms with Gasteiger partial charge in [0.2, 0.25) is 0 Å². The molecule has 2 aromatic rings. The maximum Gasteiger partial charge on any atom is 0.129 e. The summed E-state index contributed by atoms with van der Waals surface area (Å²) in [5, 5.41) is 1.67. The lowest BCUT2D eigenvalue weighted by Gasteiger charge is -1.94. The van der Waals surface area contributed by atoms with Gasteiger partial charge in [-0.1, -0.05) is 29.8 Å². The standard InChI is InChI=1S/C9H6ClN.H2S/c10-9-6-5-7-3-1-2-4-8(7)11-9;/h1-6H;1H2. The lowest BCUT2D eigenvalue weighted by atomic mass is 10.2. The molecular formula is C9H8ClNS. The van der Waals surface area contributed by atoms with Gasteiger partial charge in [-0.15, -0.1) is 0 Å². The summed E-state index contributed by atoms with van der Waals surface area (Å²) in [6, 6.07) is 11.7. The van der Waals surface area contributed by atoms with Crippen LogP contribution in [0, 0.1) is 0 Å². The van der Waals surface area contributed by atoms with Gasteiger partial charge in [-0.3, -0.25) is 0 Å². The molecule has 2 rings (SSSR count). The first-order valence-corrected chi connectivity index (χ1v) is 3.75. The maximum absolute atomic E-state index is 5.71. The van der Waals surface area contributed by atoms with Gasteiger partial charge in [-0.25, -0.2) is 4.98 Å². The Morgan fingerprint density at radius 3 is 2.58 bits per heavy atom. The van der Waals surface area contributed by atoms with E-state index in [1.807, 2.05) is 30.3 Å². The third kappa shape index (κ3) is 1.71. The highest BCUT2D eigenvalue weighted by molar-refractivity contribution is 7.59. The number of pyridine rings is 1. The Kier molecular flexibility index (Phi) is 2.95. The number of hydrogen-bond acceptors (Lipinski definition) is 1. The van der Waals surface area contributed by atoms with Gasteiger partial charge in [0.05, 0.1) is 5.52 Å². The van der Waals surface area contributed by atoms with Crippen LogP contribution in [-0.2, 0) is 0 Å². The second kappa shape index (κ2) is 3.78. The number of rotatable bonds is 0. The second-order valence-electron chi connectivity index (χ2n) is 2.33. The fourth-order valence-electron chi connectivity index (χ4n) is 1.04. The number of fused-ring (bicyclic) bond motifs is 1. The summed E-state index contributed by atoms with van der Waals surface area (Å²) in [6.07, 6.45) is 0. The number of nitrogens with zero attached hydrogens (tertiary/aromatic N) is 1. The van der Waals surface area contributed by atoms with Crippen LogP contribution in [0.5, 0.6) is 0 Å². The largest absolute Gasteiger partial charge is 0.236 e. The van der Waals surface area contributed by atoms with Gasteiger partial charge in [0.25, 0.3) is 0 Å². The Morgan fingerprint density at radius 1 is 1.00 bits per heavy atom. The third-order valence-electron chi connectivity index (χ3n) is 1.56. The molecule has 12 heavy (non-hydrogen) atoms. The molecule has 0 aliphatic carbocycles. The molecule has 0 N–H and O–H groups in total. The predicted octanol–water partition coefficient (Wildman–Crippen LogP) is 3.00. The zero-order valence-electron chi connectivity index (χ0n) is 6.29. The molecule has 1 aromatic heterocycles. The van der Waals surface area contributed by atoms with Gasteiger partial charge in [-0.2, -0.15) is 13.5 Å². The van der Waals surface area contributed by atoms with Crippen molar-refractivity contribution in [3.8, 4) is 0 Å². The summed E-state index contributed by atoms with van der Waals surface area (Å²) in [5.41, 5.74) is 0.944. The van der Waals surface area contributed by atoms with Crippen molar-refractivity contribution < 1.29 is 0 Å². The Morgan fingerprint density at radius 2 is 1.75 bits per heavy atom. The van der Waals surface area contributed by atoms with Crippen LogP contribution in [0.1, 0.15) is 0 Å². The van der Waals surface area contributed by atoms with E-state index in [-0.39, 0.29) is 13.5 Å². The van der Waals surface area contributed by atoms with Gasteiger partial charge in [0, 0.05) is 5.39 Å². The molecule has 0 aliphatic heterocycles. The third-order valence-corrected chi connectivity index (χ3v) is 1.77. The highest BCUT2D eigenvalue weighted by Gasteiger charge is 1.92. The lowest BCUT2D eigenvalue weighted by molar-refractivity contribution is 1.41. The molecule has 0 saturated heterocycles. The molecule has 1 heterocycles. The van der Waals surface area contributed by atoms with Gasteiger partial charge in [-0.05, 0) is 18.2 Å². The Bertz CT molecular complexity index is 389. The van der Waals surface area contributed by atoms with Crippen LogP contribution >= 0.6 is 25.1 Å². The summed E-state index contributed by atoms with van der Waals surface area (Å²) in [6.45, 7) is 0. The first-order chi connectivity index (χ1) is 5.36. The number of halogens is 1. The molecule has 0 radical (unpaired) electrons. The lowest BCUT2D eigenvalue weighted by Crippen LogP contribution is -1.76. The fourth-order valence-corrected chi connectivity index (χ4v) is 1.20. The van der Waals surface area contributed by atoms with Gasteiger partial charge in [0.1, 0.15) is 5.15 Å². The van der Waals surface area contributed by atoms with Crippen LogP contribution < -0.4 is 0 Å². The van der Waals surface area contributed by atoms with Crippen LogP contribution in [0.15, 0.2) is 36.4 Å². The van der Waals surface area contributed by atoms with E-state index < -0.39 is 0 Å². The van der Waals surface area contributed by atoms with Crippen molar-refractivity contribution >= 4 is 36.0 Å². The molecule has 0 amide bonds. The number of hydrogen-bond donors (Lipinski definition) is 0. The van der Waals surface area contributed by atoms with Crippen LogP contribution in [-0.4, -0.2) is 4.98 Å². The van der Waals surface area contributed by atoms with Crippen molar-refractivity contribution in [1.29, 1.82) is 0 Å². The highest BCUT2D eigenvalue weighted by atomic mass is 35.5. The zero-order valence-corrected chi connectivity index (χ0v) is 8.05. The molecule has 0 atom stereocenters. The average molecular weight is 198 g/mol. The smallest absolute Gasteiger partial charge is 0.129 e. The average Bonchev–Trinajstić information content (AvgIpc) is 2.04. The summed E-state index contributed by atoms with van der Waals surface area (Å²) >= 11 is 5.71. The SMILES string of the molecule is Clc1ccc2ccccc2n1.S. The van der Waals surface area contributed by atoms with Crippen molar-refractivity contribution in [1.82, 2.24) is 4.98 Å². The first kappa shape index (κ1) is 9.36. The quantitative estimate of drug-likeness (QED) is 0.592. The molecule has 0 saturated carbocycles. The topological polar surface area (TPSA) is 12.9 Å². The monoisotopic (exact) mass is 197 g/mol. The van der Waals surface area contributed by atoms with E-state index >= 15 is 0 Å². The highest BCUT2D eigenvalue weighted by Crippen LogP contribution is 2.13. The molecule has 0 bridgehead atoms. The first-order valence-electron chi connectivity index (χ1n) is 3.37. The van der Waals surface area contributed by atoms with Crippen LogP contribution in [0.25, 0.3) is 10.9 Å². The van der Waals surface area contributed by atoms with E-state index in [9.17, 15) is 0 Å². The summed E-state index contributed by atoms with van der Waals surface area (Å²) in [5.74, 6) is 0. The molecule has 0 unspecified atom stereocenters. The van der Waals surface area contributed by atoms with Crippen LogP contribution in [0.4, 0.5) is 0 Å². The zero-order chi connectivity index (χ0) is 7.68. The summed E-state index contributed by atoms with van der Waals surface area (Å²) in [4.78, 5) is 4.14. The van der Waals surface area contributed by atoms with E-state index in [0.29, 0.717) is 5.15 Å². The van der Waals surface area contributed by atoms with E-state index in [4.69, 9.17) is 11.6 Å². The van der Waals surface area contributed by atoms with Crippen molar-refractivity contribution in [2.75, 3.05) is 0 Å². The van der Waals surface area contributed by atoms with Crippen molar-refractivity contribution in [3.63, 3.8) is 0 Å². The van der Waals surface area contributed by atoms with Gasteiger partial charge >= 0.3 is 0 Å². The van der Waals surface area contributed by atoms with Crippen molar-refractivity contribution in [2.45, 2.75) is 0 Å². The maximum atomic E-state index is 5.71. The molecule has 0 aliphatic rings. The Hall–Kier alpha value is -0.730. The van der Waals surface area contributed by atoms with E-state index in [1.165, 1.54) is 0 Å². The van der Waals surface area contributed by atoms with Crippen LogP contribution in [0.2, 0.25) is 5.15 Å². The minimum atomic E-state index is 0. The van der Waals surface area contributed by atoms with Crippen molar-refractivity contribution in [3.05, 3.63) is 41.6 Å². The number of aromatic nitrogens is 1. The molecule has 0 spiro atoms. The number of para-hydroxylation sites is 1. The summed E-state index contributed by atoms with van der Waals surface area (Å²) in [7, 11) is 0. The van der Waals surface area contributed by atoms with Gasteiger partial charge in [0.15, 0.2) is 0 Å². The molecular weight excluding hydrogens is 190 g/mol. The van der Waals surface area contributed by atoms with Gasteiger partial charge < -0.3 is 0 Å². The molecule has 0 fully saturated rings. The number of benzene rings is 1. The van der Waals surface area contributed by atoms with E-state index in [1.54, 1.807) is 6.07 Å². The predicted molar refractivity (Wildman–Crippen MR) is 57.1 cm³/mol. The molecule has 1 aromatic carbocycles. The Labute approximate surface area is 82.8 Å². The summed E-state index contributed by atoms with van der Waals surface area (Å²) < 4.78 is 0. The Balaban J connectivity index is 0.000000720. The second-order valence-corrected chi connectivity index (χ2v) is 2.71. The normalized spacial score (nSPS) is 9.42. The molecule has 1 nitrogen and oxygen atoms in total. The molecule has 62 valence electrons. The van der Waals surface area contributed by atoms with Crippen molar-refractivity contribution in [2.24, 2.45) is 0 Å². The minimum absolute atomic E-state index is 0. The van der Waals surface area contributed by atoms with E-state index in [2.05, 4.69) is 4.98 Å². The van der Waals surface area contributed by atoms with E-state index in [0.717, 1.165) is 10.9 Å². The molecule has 3 heteroatoms. The minimum Gasteiger partial charge on any atom is -0.236 e. The van der Waals surface area contributed by atoms with Crippen LogP contribution in [0.3, 0.4) is 0 Å². The fraction of sp³-hybridized carbons (Fsp3) is 0.